The van der Waals surface area contributed by atoms with Crippen molar-refractivity contribution in [3.05, 3.63) is 69.2 Å². The van der Waals surface area contributed by atoms with Gasteiger partial charge in [0.05, 0.1) is 18.4 Å². The molecule has 29 heavy (non-hydrogen) atoms. The summed E-state index contributed by atoms with van der Waals surface area (Å²) in [5.74, 6) is 1.83. The summed E-state index contributed by atoms with van der Waals surface area (Å²) >= 11 is 1.69. The lowest BCUT2D eigenvalue weighted by molar-refractivity contribution is -0.116. The van der Waals surface area contributed by atoms with Crippen molar-refractivity contribution in [2.45, 2.75) is 26.9 Å². The van der Waals surface area contributed by atoms with E-state index in [0.717, 1.165) is 29.0 Å². The number of carbonyl (C=O) groups excluding carboxylic acids is 1. The van der Waals surface area contributed by atoms with Crippen LogP contribution >= 0.6 is 11.3 Å². The first kappa shape index (κ1) is 20.7. The second kappa shape index (κ2) is 9.93. The van der Waals surface area contributed by atoms with Crippen LogP contribution in [0.15, 0.2) is 46.3 Å². The Bertz CT molecular complexity index is 957. The minimum atomic E-state index is -0.126. The van der Waals surface area contributed by atoms with Gasteiger partial charge in [-0.1, -0.05) is 17.3 Å². The Morgan fingerprint density at radius 1 is 1.28 bits per heavy atom. The Balaban J connectivity index is 1.56. The lowest BCUT2D eigenvalue weighted by Crippen LogP contribution is -2.23. The summed E-state index contributed by atoms with van der Waals surface area (Å²) in [6, 6.07) is 9.61. The number of nitrogens with one attached hydrogen (secondary N) is 1. The molecule has 1 aromatic carbocycles. The predicted molar refractivity (Wildman–Crippen MR) is 113 cm³/mol. The van der Waals surface area contributed by atoms with Crippen molar-refractivity contribution in [2.24, 2.45) is 0 Å². The maximum atomic E-state index is 12.0. The number of amides is 1. The van der Waals surface area contributed by atoms with Crippen LogP contribution in [0.5, 0.6) is 11.5 Å². The first-order valence-corrected chi connectivity index (χ1v) is 10.2. The first-order chi connectivity index (χ1) is 14.1. The fraction of sp³-hybridized carbons (Fsp3) is 0.273. The van der Waals surface area contributed by atoms with E-state index < -0.39 is 0 Å². The molecule has 0 aliphatic heterocycles. The van der Waals surface area contributed by atoms with Crippen LogP contribution in [0.2, 0.25) is 0 Å². The third-order valence-electron chi connectivity index (χ3n) is 4.42. The average Bonchev–Trinajstić information content (AvgIpc) is 3.35. The summed E-state index contributed by atoms with van der Waals surface area (Å²) in [5, 5.41) is 8.85. The molecule has 2 aromatic heterocycles. The second-order valence-electron chi connectivity index (χ2n) is 6.46. The van der Waals surface area contributed by atoms with Crippen molar-refractivity contribution in [1.82, 2.24) is 10.5 Å². The molecule has 2 heterocycles. The SMILES string of the molecule is COc1cc(C=CC(=O)NCCc2cccs2)ccc1OCc1c(C)noc1C. The van der Waals surface area contributed by atoms with Gasteiger partial charge in [-0.3, -0.25) is 4.79 Å². The molecule has 3 rings (SSSR count). The van der Waals surface area contributed by atoms with Crippen molar-refractivity contribution < 1.29 is 18.8 Å². The van der Waals surface area contributed by atoms with E-state index in [9.17, 15) is 4.79 Å². The summed E-state index contributed by atoms with van der Waals surface area (Å²) < 4.78 is 16.5. The molecular weight excluding hydrogens is 388 g/mol. The van der Waals surface area contributed by atoms with Gasteiger partial charge in [-0.15, -0.1) is 11.3 Å². The number of hydrogen-bond acceptors (Lipinski definition) is 6. The van der Waals surface area contributed by atoms with E-state index in [0.29, 0.717) is 24.7 Å². The van der Waals surface area contributed by atoms with Crippen LogP contribution < -0.4 is 14.8 Å². The largest absolute Gasteiger partial charge is 0.493 e. The van der Waals surface area contributed by atoms with Gasteiger partial charge < -0.3 is 19.3 Å². The van der Waals surface area contributed by atoms with Gasteiger partial charge in [0.25, 0.3) is 0 Å². The first-order valence-electron chi connectivity index (χ1n) is 9.27. The summed E-state index contributed by atoms with van der Waals surface area (Å²) in [4.78, 5) is 13.3. The van der Waals surface area contributed by atoms with Gasteiger partial charge in [-0.25, -0.2) is 0 Å². The highest BCUT2D eigenvalue weighted by Crippen LogP contribution is 2.30. The van der Waals surface area contributed by atoms with E-state index in [1.807, 2.05) is 43.5 Å². The molecule has 0 bridgehead atoms. The van der Waals surface area contributed by atoms with Gasteiger partial charge in [0.15, 0.2) is 11.5 Å². The van der Waals surface area contributed by atoms with Crippen LogP contribution in [-0.2, 0) is 17.8 Å². The van der Waals surface area contributed by atoms with Gasteiger partial charge >= 0.3 is 0 Å². The normalized spacial score (nSPS) is 11.0. The number of thiophene rings is 1. The van der Waals surface area contributed by atoms with Crippen LogP contribution in [0.3, 0.4) is 0 Å². The quantitative estimate of drug-likeness (QED) is 0.530. The zero-order chi connectivity index (χ0) is 20.6. The molecule has 0 atom stereocenters. The molecular formula is C22H24N2O4S. The Kier molecular flexibility index (Phi) is 7.08. The highest BCUT2D eigenvalue weighted by molar-refractivity contribution is 7.09. The van der Waals surface area contributed by atoms with Crippen molar-refractivity contribution >= 4 is 23.3 Å². The third kappa shape index (κ3) is 5.71. The maximum absolute atomic E-state index is 12.0. The molecule has 1 amide bonds. The fourth-order valence-electron chi connectivity index (χ4n) is 2.76. The molecule has 7 heteroatoms. The summed E-state index contributed by atoms with van der Waals surface area (Å²) in [6.07, 6.45) is 4.11. The van der Waals surface area contributed by atoms with E-state index in [1.54, 1.807) is 24.5 Å². The lowest BCUT2D eigenvalue weighted by Gasteiger charge is -2.11. The molecule has 0 saturated heterocycles. The number of hydrogen-bond donors (Lipinski definition) is 1. The molecule has 3 aromatic rings. The lowest BCUT2D eigenvalue weighted by atomic mass is 10.2. The molecule has 0 unspecified atom stereocenters. The van der Waals surface area contributed by atoms with E-state index in [2.05, 4.69) is 16.5 Å². The number of carbonyl (C=O) groups is 1. The molecule has 0 saturated carbocycles. The highest BCUT2D eigenvalue weighted by Gasteiger charge is 2.12. The van der Waals surface area contributed by atoms with E-state index in [1.165, 1.54) is 11.0 Å². The molecule has 0 aliphatic rings. The topological polar surface area (TPSA) is 73.6 Å². The zero-order valence-corrected chi connectivity index (χ0v) is 17.5. The Hall–Kier alpha value is -3.06. The summed E-state index contributed by atoms with van der Waals surface area (Å²) in [5.41, 5.74) is 2.58. The number of ether oxygens (including phenoxy) is 2. The number of methoxy groups -OCH3 is 1. The fourth-order valence-corrected chi connectivity index (χ4v) is 3.47. The molecule has 152 valence electrons. The number of benzene rings is 1. The van der Waals surface area contributed by atoms with Crippen molar-refractivity contribution in [1.29, 1.82) is 0 Å². The van der Waals surface area contributed by atoms with Crippen molar-refractivity contribution in [2.75, 3.05) is 13.7 Å². The Morgan fingerprint density at radius 2 is 2.14 bits per heavy atom. The molecule has 6 nitrogen and oxygen atoms in total. The maximum Gasteiger partial charge on any atom is 0.244 e. The zero-order valence-electron chi connectivity index (χ0n) is 16.7. The third-order valence-corrected chi connectivity index (χ3v) is 5.35. The highest BCUT2D eigenvalue weighted by atomic mass is 32.1. The molecule has 0 spiro atoms. The van der Waals surface area contributed by atoms with Crippen molar-refractivity contribution in [3.63, 3.8) is 0 Å². The van der Waals surface area contributed by atoms with Crippen molar-refractivity contribution in [3.8, 4) is 11.5 Å². The second-order valence-corrected chi connectivity index (χ2v) is 7.49. The van der Waals surface area contributed by atoms with Crippen LogP contribution in [0.25, 0.3) is 6.08 Å². The minimum Gasteiger partial charge on any atom is -0.493 e. The standard InChI is InChI=1S/C22H24N2O4S/c1-15-19(16(2)28-24-15)14-27-20-8-6-17(13-21(20)26-3)7-9-22(25)23-11-10-18-5-4-12-29-18/h4-9,12-13H,10-11,14H2,1-3H3,(H,23,25). The van der Waals surface area contributed by atoms with E-state index in [-0.39, 0.29) is 5.91 Å². The smallest absolute Gasteiger partial charge is 0.244 e. The predicted octanol–water partition coefficient (Wildman–Crippen LogP) is 4.31. The minimum absolute atomic E-state index is 0.126. The summed E-state index contributed by atoms with van der Waals surface area (Å²) in [6.45, 7) is 4.70. The number of aryl methyl sites for hydroxylation is 2. The van der Waals surface area contributed by atoms with Gasteiger partial charge in [0.1, 0.15) is 12.4 Å². The Labute approximate surface area is 174 Å². The van der Waals surface area contributed by atoms with Gasteiger partial charge in [-0.2, -0.15) is 0 Å². The Morgan fingerprint density at radius 3 is 2.83 bits per heavy atom. The van der Waals surface area contributed by atoms with Gasteiger partial charge in [-0.05, 0) is 55.5 Å². The van der Waals surface area contributed by atoms with Crippen LogP contribution in [-0.4, -0.2) is 24.7 Å². The molecule has 0 radical (unpaired) electrons. The van der Waals surface area contributed by atoms with Crippen LogP contribution in [0.4, 0.5) is 0 Å². The number of nitrogens with zero attached hydrogens (tertiary/aromatic N) is 1. The average molecular weight is 413 g/mol. The summed E-state index contributed by atoms with van der Waals surface area (Å²) in [7, 11) is 1.59. The monoisotopic (exact) mass is 412 g/mol. The van der Waals surface area contributed by atoms with E-state index in [4.69, 9.17) is 14.0 Å². The van der Waals surface area contributed by atoms with Gasteiger partial charge in [0, 0.05) is 17.5 Å². The number of rotatable bonds is 9. The van der Waals surface area contributed by atoms with E-state index >= 15 is 0 Å². The number of aromatic nitrogens is 1. The van der Waals surface area contributed by atoms with Crippen LogP contribution in [0, 0.1) is 13.8 Å². The molecule has 0 fully saturated rings. The van der Waals surface area contributed by atoms with Crippen LogP contribution in [0.1, 0.15) is 27.5 Å². The molecule has 1 N–H and O–H groups in total. The molecule has 0 aliphatic carbocycles. The van der Waals surface area contributed by atoms with Gasteiger partial charge in [0.2, 0.25) is 5.91 Å².